The van der Waals surface area contributed by atoms with Gasteiger partial charge in [-0.2, -0.15) is 4.91 Å². The van der Waals surface area contributed by atoms with E-state index < -0.39 is 0 Å². The number of benzene rings is 1. The Morgan fingerprint density at radius 1 is 1.06 bits per heavy atom. The van der Waals surface area contributed by atoms with Crippen molar-refractivity contribution in [1.82, 2.24) is 0 Å². The van der Waals surface area contributed by atoms with Crippen LogP contribution in [0, 0.1) is 10.8 Å². The molecule has 0 heterocycles. The van der Waals surface area contributed by atoms with Gasteiger partial charge in [0.2, 0.25) is 0 Å². The third-order valence-corrected chi connectivity index (χ3v) is 3.67. The molecule has 0 aromatic heterocycles. The summed E-state index contributed by atoms with van der Waals surface area (Å²) in [4.78, 5) is 10.6. The predicted molar refractivity (Wildman–Crippen MR) is 64.4 cm³/mol. The van der Waals surface area contributed by atoms with E-state index >= 15 is 0 Å². The first kappa shape index (κ1) is 9.52. The Balaban J connectivity index is 2.10. The molecule has 0 amide bonds. The Kier molecular flexibility index (Phi) is 2.21. The molecule has 1 aromatic carbocycles. The van der Waals surface area contributed by atoms with Crippen molar-refractivity contribution >= 4 is 0 Å². The fourth-order valence-electron chi connectivity index (χ4n) is 2.98. The number of hydrogen-bond acceptors (Lipinski definition) is 2. The number of rotatable bonds is 2. The summed E-state index contributed by atoms with van der Waals surface area (Å²) >= 11 is 0. The van der Waals surface area contributed by atoms with Crippen LogP contribution in [0.25, 0.3) is 0 Å². The normalized spacial score (nSPS) is 29.9. The van der Waals surface area contributed by atoms with E-state index in [4.69, 9.17) is 0 Å². The molecule has 0 fully saturated rings. The molecule has 2 aliphatic carbocycles. The largest absolute Gasteiger partial charge is 0.151 e. The zero-order chi connectivity index (χ0) is 11.0. The third-order valence-electron chi connectivity index (χ3n) is 3.67. The smallest absolute Gasteiger partial charge is 0.0885 e. The van der Waals surface area contributed by atoms with Crippen LogP contribution in [0.4, 0.5) is 0 Å². The molecule has 0 N–H and O–H groups in total. The van der Waals surface area contributed by atoms with Gasteiger partial charge in [-0.05, 0) is 17.0 Å². The van der Waals surface area contributed by atoms with Gasteiger partial charge in [0.05, 0.1) is 6.54 Å². The summed E-state index contributed by atoms with van der Waals surface area (Å²) in [6.07, 6.45) is 8.61. The first-order valence-electron chi connectivity index (χ1n) is 5.65. The molecule has 2 heteroatoms. The van der Waals surface area contributed by atoms with Gasteiger partial charge >= 0.3 is 0 Å². The summed E-state index contributed by atoms with van der Waals surface area (Å²) in [5.41, 5.74) is 2.66. The third kappa shape index (κ3) is 1.26. The van der Waals surface area contributed by atoms with Crippen molar-refractivity contribution in [3.63, 3.8) is 0 Å². The van der Waals surface area contributed by atoms with Crippen LogP contribution in [0.3, 0.4) is 0 Å². The number of allylic oxidation sites excluding steroid dienone is 4. The summed E-state index contributed by atoms with van der Waals surface area (Å²) < 4.78 is 0. The minimum absolute atomic E-state index is 0.264. The standard InChI is InChI=1S/C14H13NO/c16-15-9-14-12-7-3-1-5-10(12)11-6-2-4-8-13(11)14/h1-8,10,12,14H,9H2. The molecule has 0 bridgehead atoms. The lowest BCUT2D eigenvalue weighted by Gasteiger charge is -2.20. The van der Waals surface area contributed by atoms with Crippen molar-refractivity contribution in [1.29, 1.82) is 0 Å². The molecule has 1 aromatic rings. The second kappa shape index (κ2) is 3.71. The van der Waals surface area contributed by atoms with Crippen LogP contribution in [-0.4, -0.2) is 6.54 Å². The summed E-state index contributed by atoms with van der Waals surface area (Å²) in [7, 11) is 0. The highest BCUT2D eigenvalue weighted by Gasteiger charge is 2.38. The highest BCUT2D eigenvalue weighted by molar-refractivity contribution is 5.46. The molecule has 0 spiro atoms. The molecule has 2 aliphatic rings. The number of hydrogen-bond donors (Lipinski definition) is 0. The Bertz CT molecular complexity index is 475. The Labute approximate surface area is 94.7 Å². The monoisotopic (exact) mass is 211 g/mol. The van der Waals surface area contributed by atoms with Crippen LogP contribution < -0.4 is 0 Å². The second-order valence-electron chi connectivity index (χ2n) is 4.42. The zero-order valence-electron chi connectivity index (χ0n) is 8.91. The molecule has 3 rings (SSSR count). The van der Waals surface area contributed by atoms with Gasteiger partial charge in [0, 0.05) is 11.8 Å². The Hall–Kier alpha value is -1.70. The van der Waals surface area contributed by atoms with Crippen molar-refractivity contribution in [3.05, 3.63) is 64.6 Å². The molecular formula is C14H13NO. The lowest BCUT2D eigenvalue weighted by Crippen LogP contribution is -2.12. The molecule has 2 nitrogen and oxygen atoms in total. The lowest BCUT2D eigenvalue weighted by atomic mass is 9.84. The van der Waals surface area contributed by atoms with Crippen molar-refractivity contribution in [2.24, 2.45) is 11.1 Å². The predicted octanol–water partition coefficient (Wildman–Crippen LogP) is 3.38. The molecule has 80 valence electrons. The van der Waals surface area contributed by atoms with Gasteiger partial charge in [-0.15, -0.1) is 0 Å². The van der Waals surface area contributed by atoms with Gasteiger partial charge in [0.15, 0.2) is 0 Å². The van der Waals surface area contributed by atoms with Gasteiger partial charge in [-0.1, -0.05) is 53.7 Å². The summed E-state index contributed by atoms with van der Waals surface area (Å²) in [6, 6.07) is 8.41. The van der Waals surface area contributed by atoms with E-state index in [1.54, 1.807) is 0 Å². The molecule has 3 unspecified atom stereocenters. The fourth-order valence-corrected chi connectivity index (χ4v) is 2.98. The lowest BCUT2D eigenvalue weighted by molar-refractivity contribution is 0.518. The van der Waals surface area contributed by atoms with Crippen molar-refractivity contribution < 1.29 is 0 Å². The number of nitrogens with zero attached hydrogens (tertiary/aromatic N) is 1. The Morgan fingerprint density at radius 2 is 1.81 bits per heavy atom. The minimum atomic E-state index is 0.264. The van der Waals surface area contributed by atoms with E-state index in [0.29, 0.717) is 18.4 Å². The average Bonchev–Trinajstić information content (AvgIpc) is 2.66. The molecule has 0 saturated heterocycles. The molecule has 16 heavy (non-hydrogen) atoms. The summed E-state index contributed by atoms with van der Waals surface area (Å²) in [5, 5.41) is 3.10. The maximum Gasteiger partial charge on any atom is 0.0885 e. The van der Waals surface area contributed by atoms with E-state index in [-0.39, 0.29) is 5.92 Å². The molecule has 0 aliphatic heterocycles. The maximum atomic E-state index is 10.6. The van der Waals surface area contributed by atoms with Crippen LogP contribution in [0.1, 0.15) is 23.0 Å². The number of nitroso groups, excluding NO2 is 1. The first-order valence-corrected chi connectivity index (χ1v) is 5.65. The molecule has 0 saturated carbocycles. The highest BCUT2D eigenvalue weighted by Crippen LogP contribution is 2.49. The van der Waals surface area contributed by atoms with Gasteiger partial charge in [0.25, 0.3) is 0 Å². The van der Waals surface area contributed by atoms with Crippen LogP contribution in [0.5, 0.6) is 0 Å². The van der Waals surface area contributed by atoms with Crippen molar-refractivity contribution in [2.45, 2.75) is 11.8 Å². The Morgan fingerprint density at radius 3 is 2.62 bits per heavy atom. The SMILES string of the molecule is O=NCC1c2ccccc2C2C=CC=CC21. The van der Waals surface area contributed by atoms with Crippen molar-refractivity contribution in [3.8, 4) is 0 Å². The minimum Gasteiger partial charge on any atom is -0.151 e. The van der Waals surface area contributed by atoms with Crippen LogP contribution in [-0.2, 0) is 0 Å². The fraction of sp³-hybridized carbons (Fsp3) is 0.286. The van der Waals surface area contributed by atoms with Gasteiger partial charge in [-0.25, -0.2) is 0 Å². The van der Waals surface area contributed by atoms with Crippen LogP contribution >= 0.6 is 0 Å². The topological polar surface area (TPSA) is 29.4 Å². The van der Waals surface area contributed by atoms with Gasteiger partial charge in [0.1, 0.15) is 0 Å². The van der Waals surface area contributed by atoms with Gasteiger partial charge in [-0.3, -0.25) is 0 Å². The van der Waals surface area contributed by atoms with Crippen LogP contribution in [0.2, 0.25) is 0 Å². The highest BCUT2D eigenvalue weighted by atomic mass is 16.3. The second-order valence-corrected chi connectivity index (χ2v) is 4.42. The quantitative estimate of drug-likeness (QED) is 0.689. The molecule has 3 atom stereocenters. The van der Waals surface area contributed by atoms with Gasteiger partial charge < -0.3 is 0 Å². The van der Waals surface area contributed by atoms with E-state index in [1.165, 1.54) is 11.1 Å². The molecule has 0 radical (unpaired) electrons. The van der Waals surface area contributed by atoms with Crippen LogP contribution in [0.15, 0.2) is 53.7 Å². The summed E-state index contributed by atoms with van der Waals surface area (Å²) in [5.74, 6) is 1.12. The van der Waals surface area contributed by atoms with E-state index in [2.05, 4.69) is 47.7 Å². The average molecular weight is 211 g/mol. The van der Waals surface area contributed by atoms with E-state index in [9.17, 15) is 4.91 Å². The van der Waals surface area contributed by atoms with E-state index in [1.807, 2.05) is 6.07 Å². The first-order chi connectivity index (χ1) is 7.92. The maximum absolute atomic E-state index is 10.6. The van der Waals surface area contributed by atoms with Crippen molar-refractivity contribution in [2.75, 3.05) is 6.54 Å². The van der Waals surface area contributed by atoms with E-state index in [0.717, 1.165) is 0 Å². The zero-order valence-corrected chi connectivity index (χ0v) is 8.91. The number of fused-ring (bicyclic) bond motifs is 3. The molecular weight excluding hydrogens is 198 g/mol. The summed E-state index contributed by atoms with van der Waals surface area (Å²) in [6.45, 7) is 0.385.